The molecule has 30 heavy (non-hydrogen) atoms. The van der Waals surface area contributed by atoms with Crippen LogP contribution in [0.25, 0.3) is 21.9 Å². The van der Waals surface area contributed by atoms with Crippen LogP contribution in [0, 0.1) is 5.92 Å². The Morgan fingerprint density at radius 3 is 2.10 bits per heavy atom. The zero-order chi connectivity index (χ0) is 18.9. The number of halogens is 2. The van der Waals surface area contributed by atoms with Gasteiger partial charge < -0.3 is 0 Å². The molecule has 3 aromatic rings. The molecule has 0 atom stereocenters. The summed E-state index contributed by atoms with van der Waals surface area (Å²) in [6.07, 6.45) is 9.86. The number of benzene rings is 2. The van der Waals surface area contributed by atoms with Crippen molar-refractivity contribution in [1.82, 2.24) is 0 Å². The van der Waals surface area contributed by atoms with Gasteiger partial charge in [-0.1, -0.05) is 99.2 Å². The molecule has 0 heterocycles. The second-order valence-corrected chi connectivity index (χ2v) is 14.6. The first kappa shape index (κ1) is 27.8. The van der Waals surface area contributed by atoms with Crippen LogP contribution in [0.15, 0.2) is 54.6 Å². The van der Waals surface area contributed by atoms with E-state index in [1.54, 1.807) is 5.56 Å². The third-order valence-electron chi connectivity index (χ3n) is 6.37. The van der Waals surface area contributed by atoms with Crippen LogP contribution >= 0.6 is 24.8 Å². The molecule has 1 aliphatic carbocycles. The molecule has 3 aromatic carbocycles. The summed E-state index contributed by atoms with van der Waals surface area (Å²) in [6, 6.07) is 21.1. The first-order chi connectivity index (χ1) is 13.0. The van der Waals surface area contributed by atoms with E-state index in [-0.39, 0.29) is 51.0 Å². The molecule has 1 saturated carbocycles. The molecular formula is C26H35Cl2SiZr-. The van der Waals surface area contributed by atoms with Crippen LogP contribution in [0.5, 0.6) is 0 Å². The van der Waals surface area contributed by atoms with E-state index < -0.39 is 8.07 Å². The fourth-order valence-electron chi connectivity index (χ4n) is 4.72. The number of fused-ring (bicyclic) bond motifs is 1. The molecule has 0 amide bonds. The molecule has 162 valence electrons. The Labute approximate surface area is 215 Å². The predicted octanol–water partition coefficient (Wildman–Crippen LogP) is 8.12. The summed E-state index contributed by atoms with van der Waals surface area (Å²) in [5.41, 5.74) is 4.29. The molecule has 0 bridgehead atoms. The average Bonchev–Trinajstić information content (AvgIpc) is 2.88. The molecule has 0 unspecified atom stereocenters. The molecule has 4 rings (SSSR count). The summed E-state index contributed by atoms with van der Waals surface area (Å²) in [5, 5.41) is 4.38. The molecule has 0 spiro atoms. The Balaban J connectivity index is 0.00000150. The van der Waals surface area contributed by atoms with E-state index >= 15 is 0 Å². The summed E-state index contributed by atoms with van der Waals surface area (Å²) < 4.78 is 0. The van der Waals surface area contributed by atoms with E-state index in [0.717, 1.165) is 5.92 Å². The topological polar surface area (TPSA) is 0 Å². The predicted molar refractivity (Wildman–Crippen MR) is 137 cm³/mol. The molecule has 0 aromatic heterocycles. The maximum Gasteiger partial charge on any atom is 0.0775 e. The maximum atomic E-state index is 2.47. The van der Waals surface area contributed by atoms with Gasteiger partial charge in [-0.05, 0) is 17.9 Å². The van der Waals surface area contributed by atoms with Crippen molar-refractivity contribution < 1.29 is 26.2 Å². The van der Waals surface area contributed by atoms with Gasteiger partial charge in [0.15, 0.2) is 0 Å². The molecule has 0 nitrogen and oxygen atoms in total. The van der Waals surface area contributed by atoms with Gasteiger partial charge in [-0.2, -0.15) is 6.07 Å². The van der Waals surface area contributed by atoms with Gasteiger partial charge in [0.2, 0.25) is 0 Å². The summed E-state index contributed by atoms with van der Waals surface area (Å²) >= 11 is 0. The monoisotopic (exact) mass is 535 g/mol. The third kappa shape index (κ3) is 6.61. The van der Waals surface area contributed by atoms with Crippen molar-refractivity contribution in [3.63, 3.8) is 0 Å². The van der Waals surface area contributed by atoms with Crippen molar-refractivity contribution in [2.24, 2.45) is 5.92 Å². The number of rotatable bonds is 4. The largest absolute Gasteiger partial charge is 0.164 e. The molecule has 0 N–H and O–H groups in total. The molecule has 0 radical (unpaired) electrons. The van der Waals surface area contributed by atoms with Crippen LogP contribution in [-0.2, 0) is 32.6 Å². The van der Waals surface area contributed by atoms with Gasteiger partial charge >= 0.3 is 0 Å². The molecular weight excluding hydrogens is 503 g/mol. The molecule has 1 aliphatic rings. The van der Waals surface area contributed by atoms with E-state index in [9.17, 15) is 0 Å². The number of hydrogen-bond acceptors (Lipinski definition) is 0. The van der Waals surface area contributed by atoms with E-state index in [2.05, 4.69) is 74.2 Å². The Kier molecular flexibility index (Phi) is 11.2. The van der Waals surface area contributed by atoms with Gasteiger partial charge in [0, 0.05) is 26.2 Å². The van der Waals surface area contributed by atoms with Crippen LogP contribution in [0.1, 0.15) is 44.1 Å². The summed E-state index contributed by atoms with van der Waals surface area (Å²) in [4.78, 5) is 0. The van der Waals surface area contributed by atoms with E-state index in [0.29, 0.717) is 0 Å². The molecule has 0 aliphatic heterocycles. The van der Waals surface area contributed by atoms with Gasteiger partial charge in [-0.25, -0.2) is 0 Å². The van der Waals surface area contributed by atoms with E-state index in [1.807, 2.05) is 0 Å². The van der Waals surface area contributed by atoms with Crippen molar-refractivity contribution in [3.8, 4) is 11.1 Å². The first-order valence-electron chi connectivity index (χ1n) is 10.8. The second kappa shape index (κ2) is 12.1. The second-order valence-electron chi connectivity index (χ2n) is 9.56. The van der Waals surface area contributed by atoms with Crippen LogP contribution in [-0.4, -0.2) is 8.07 Å². The van der Waals surface area contributed by atoms with Gasteiger partial charge in [0.1, 0.15) is 0 Å². The van der Waals surface area contributed by atoms with Crippen LogP contribution in [0.3, 0.4) is 0 Å². The minimum absolute atomic E-state index is 0. The quantitative estimate of drug-likeness (QED) is 0.179. The zero-order valence-electron chi connectivity index (χ0n) is 18.5. The van der Waals surface area contributed by atoms with Crippen molar-refractivity contribution >= 4 is 48.8 Å². The Hall–Kier alpha value is -0.270. The minimum Gasteiger partial charge on any atom is -0.164 e. The minimum atomic E-state index is -1.24. The van der Waals surface area contributed by atoms with E-state index in [1.165, 1.54) is 72.0 Å². The standard InChI is InChI=1S/C26H33Si.2ClH.Zr/c1-27(2,3)24-15-13-22(14-16-24)25-12-8-11-23-18-21(19-26(23)25)17-20-9-6-4-5-7-10-20;;;/h8,11-16,18-20H,4-7,9-10,17H2,1-3H3;2*1H;/q-1;;;. The Morgan fingerprint density at radius 1 is 0.867 bits per heavy atom. The fraction of sp³-hybridized carbons (Fsp3) is 0.423. The smallest absolute Gasteiger partial charge is 0.0775 e. The van der Waals surface area contributed by atoms with Gasteiger partial charge in [0.05, 0.1) is 8.07 Å². The summed E-state index contributed by atoms with van der Waals surface area (Å²) in [5.74, 6) is 0.892. The van der Waals surface area contributed by atoms with Crippen molar-refractivity contribution in [3.05, 3.63) is 60.2 Å². The van der Waals surface area contributed by atoms with E-state index in [4.69, 9.17) is 0 Å². The number of hydrogen-bond donors (Lipinski definition) is 0. The fourth-order valence-corrected chi connectivity index (χ4v) is 5.88. The summed E-state index contributed by atoms with van der Waals surface area (Å²) in [7, 11) is -1.24. The van der Waals surface area contributed by atoms with Gasteiger partial charge in [-0.3, -0.25) is 0 Å². The SMILES string of the molecule is C[Si](C)(C)c1ccc(-c2cccc3[cH-]c(CC4CCCCCC4)cc23)cc1.Cl.Cl.[Zr]. The summed E-state index contributed by atoms with van der Waals surface area (Å²) in [6.45, 7) is 7.25. The first-order valence-corrected chi connectivity index (χ1v) is 14.3. The van der Waals surface area contributed by atoms with Gasteiger partial charge in [0.25, 0.3) is 0 Å². The molecule has 1 fully saturated rings. The zero-order valence-corrected chi connectivity index (χ0v) is 23.6. The van der Waals surface area contributed by atoms with Crippen LogP contribution < -0.4 is 5.19 Å². The molecule has 0 saturated heterocycles. The Bertz CT molecular complexity index is 901. The van der Waals surface area contributed by atoms with Crippen molar-refractivity contribution in [2.75, 3.05) is 0 Å². The average molecular weight is 538 g/mol. The van der Waals surface area contributed by atoms with Crippen LogP contribution in [0.2, 0.25) is 19.6 Å². The molecule has 4 heteroatoms. The normalized spacial score (nSPS) is 14.9. The maximum absolute atomic E-state index is 2.47. The van der Waals surface area contributed by atoms with Gasteiger partial charge in [-0.15, -0.1) is 59.3 Å². The van der Waals surface area contributed by atoms with Crippen LogP contribution in [0.4, 0.5) is 0 Å². The Morgan fingerprint density at radius 2 is 1.50 bits per heavy atom. The van der Waals surface area contributed by atoms with Crippen molar-refractivity contribution in [2.45, 2.75) is 64.6 Å². The third-order valence-corrected chi connectivity index (χ3v) is 8.44. The van der Waals surface area contributed by atoms with Crippen molar-refractivity contribution in [1.29, 1.82) is 0 Å².